The van der Waals surface area contributed by atoms with Crippen LogP contribution in [0.1, 0.15) is 11.3 Å². The fourth-order valence-corrected chi connectivity index (χ4v) is 5.26. The summed E-state index contributed by atoms with van der Waals surface area (Å²) in [7, 11) is 3.12. The molecule has 1 aliphatic rings. The normalized spacial score (nSPS) is 14.2. The Balaban J connectivity index is 1.27. The number of hydrogen-bond acceptors (Lipinski definition) is 8. The van der Waals surface area contributed by atoms with Gasteiger partial charge in [-0.05, 0) is 42.1 Å². The van der Waals surface area contributed by atoms with Crippen molar-refractivity contribution in [3.05, 3.63) is 107 Å². The molecule has 1 fully saturated rings. The van der Waals surface area contributed by atoms with Gasteiger partial charge >= 0.3 is 0 Å². The van der Waals surface area contributed by atoms with E-state index in [2.05, 4.69) is 10.3 Å². The van der Waals surface area contributed by atoms with Crippen molar-refractivity contribution in [2.45, 2.75) is 6.54 Å². The van der Waals surface area contributed by atoms with Crippen LogP contribution in [0.15, 0.2) is 96.2 Å². The molecular weight excluding hydrogens is 540 g/mol. The van der Waals surface area contributed by atoms with Gasteiger partial charge in [0.15, 0.2) is 11.5 Å². The summed E-state index contributed by atoms with van der Waals surface area (Å²) in [6, 6.07) is 24.8. The summed E-state index contributed by atoms with van der Waals surface area (Å²) in [5.74, 6) is 0.738. The molecule has 204 valence electrons. The van der Waals surface area contributed by atoms with E-state index in [1.165, 1.54) is 4.90 Å². The van der Waals surface area contributed by atoms with E-state index in [0.29, 0.717) is 33.5 Å². The van der Waals surface area contributed by atoms with Gasteiger partial charge in [0.05, 0.1) is 48.9 Å². The number of aromatic nitrogens is 5. The number of hydrogen-bond donors (Lipinski definition) is 0. The third-order valence-corrected chi connectivity index (χ3v) is 7.37. The van der Waals surface area contributed by atoms with Crippen LogP contribution in [-0.4, -0.2) is 55.0 Å². The Morgan fingerprint density at radius 3 is 2.29 bits per heavy atom. The van der Waals surface area contributed by atoms with Crippen molar-refractivity contribution in [1.82, 2.24) is 29.7 Å². The first-order chi connectivity index (χ1) is 20.0. The zero-order chi connectivity index (χ0) is 28.3. The molecule has 1 aliphatic heterocycles. The summed E-state index contributed by atoms with van der Waals surface area (Å²) in [5, 5.41) is 12.8. The number of imide groups is 1. The molecule has 1 saturated heterocycles. The number of rotatable bonds is 8. The first-order valence-corrected chi connectivity index (χ1v) is 13.4. The fourth-order valence-electron chi connectivity index (χ4n) is 4.43. The van der Waals surface area contributed by atoms with Gasteiger partial charge in [0.2, 0.25) is 0 Å². The number of para-hydroxylation sites is 1. The van der Waals surface area contributed by atoms with Gasteiger partial charge in [-0.2, -0.15) is 5.10 Å². The summed E-state index contributed by atoms with van der Waals surface area (Å²) >= 11 is 0.893. The lowest BCUT2D eigenvalue weighted by Crippen LogP contribution is -2.27. The van der Waals surface area contributed by atoms with Crippen LogP contribution in [-0.2, 0) is 11.3 Å². The highest BCUT2D eigenvalue weighted by atomic mass is 32.2. The van der Waals surface area contributed by atoms with Crippen LogP contribution in [0.4, 0.5) is 4.79 Å². The number of carbonyl (C=O) groups is 2. The van der Waals surface area contributed by atoms with Crippen molar-refractivity contribution in [2.24, 2.45) is 0 Å². The van der Waals surface area contributed by atoms with Crippen LogP contribution >= 0.6 is 11.8 Å². The number of thioether (sulfide) groups is 1. The second-order valence-corrected chi connectivity index (χ2v) is 10.0. The van der Waals surface area contributed by atoms with Gasteiger partial charge in [-0.15, -0.1) is 5.10 Å². The van der Waals surface area contributed by atoms with Crippen LogP contribution in [0.3, 0.4) is 0 Å². The second-order valence-electron chi connectivity index (χ2n) is 9.04. The lowest BCUT2D eigenvalue weighted by Gasteiger charge is -2.10. The highest BCUT2D eigenvalue weighted by Gasteiger charge is 2.36. The minimum atomic E-state index is -0.396. The monoisotopic (exact) mass is 564 g/mol. The van der Waals surface area contributed by atoms with Gasteiger partial charge in [0.1, 0.15) is 5.69 Å². The number of amides is 2. The molecule has 0 N–H and O–H groups in total. The molecule has 2 aromatic heterocycles. The molecule has 41 heavy (non-hydrogen) atoms. The van der Waals surface area contributed by atoms with E-state index in [9.17, 15) is 9.59 Å². The van der Waals surface area contributed by atoms with Gasteiger partial charge in [-0.3, -0.25) is 14.5 Å². The zero-order valence-corrected chi connectivity index (χ0v) is 23.0. The Labute approximate surface area is 239 Å². The third-order valence-electron chi connectivity index (χ3n) is 6.46. The van der Waals surface area contributed by atoms with Gasteiger partial charge in [-0.25, -0.2) is 9.36 Å². The van der Waals surface area contributed by atoms with Crippen molar-refractivity contribution in [3.63, 3.8) is 0 Å². The highest BCUT2D eigenvalue weighted by Crippen LogP contribution is 2.35. The average Bonchev–Trinajstić information content (AvgIpc) is 3.73. The lowest BCUT2D eigenvalue weighted by atomic mass is 10.1. The van der Waals surface area contributed by atoms with E-state index >= 15 is 0 Å². The van der Waals surface area contributed by atoms with E-state index < -0.39 is 5.91 Å². The van der Waals surface area contributed by atoms with Crippen molar-refractivity contribution >= 4 is 29.0 Å². The molecule has 2 amide bonds. The highest BCUT2D eigenvalue weighted by molar-refractivity contribution is 8.18. The molecule has 11 heteroatoms. The molecule has 5 aromatic rings. The second kappa shape index (κ2) is 11.1. The predicted molar refractivity (Wildman–Crippen MR) is 155 cm³/mol. The van der Waals surface area contributed by atoms with E-state index in [0.717, 1.165) is 28.6 Å². The fraction of sp³-hybridized carbons (Fsp3) is 0.100. The van der Waals surface area contributed by atoms with Crippen LogP contribution in [0.25, 0.3) is 28.7 Å². The summed E-state index contributed by atoms with van der Waals surface area (Å²) < 4.78 is 14.0. The largest absolute Gasteiger partial charge is 0.493 e. The lowest BCUT2D eigenvalue weighted by molar-refractivity contribution is -0.123. The molecular formula is C30H24N6O4S. The smallest absolute Gasteiger partial charge is 0.293 e. The zero-order valence-electron chi connectivity index (χ0n) is 22.2. The molecule has 0 atom stereocenters. The Hall–Kier alpha value is -5.16. The standard InChI is InChI=1S/C30H24N6O4S/c1-39-25-14-13-24(16-26(25)40-2)36-19-22(31-33-36)18-34-29(37)27(41-30(34)38)15-21-17-35(23-11-7-4-8-12-23)32-28(21)20-9-5-3-6-10-20/h3-17,19H,18H2,1-2H3/b27-15-. The predicted octanol–water partition coefficient (Wildman–Crippen LogP) is 5.37. The first-order valence-electron chi connectivity index (χ1n) is 12.6. The summed E-state index contributed by atoms with van der Waals surface area (Å²) in [4.78, 5) is 27.8. The minimum absolute atomic E-state index is 0.00981. The Bertz CT molecular complexity index is 1760. The van der Waals surface area contributed by atoms with Gasteiger partial charge < -0.3 is 9.47 Å². The molecule has 0 saturated carbocycles. The molecule has 0 unspecified atom stereocenters. The van der Waals surface area contributed by atoms with Gasteiger partial charge in [0.25, 0.3) is 11.1 Å². The Kier molecular flexibility index (Phi) is 7.09. The van der Waals surface area contributed by atoms with E-state index in [4.69, 9.17) is 14.6 Å². The van der Waals surface area contributed by atoms with Crippen molar-refractivity contribution in [2.75, 3.05) is 14.2 Å². The van der Waals surface area contributed by atoms with E-state index in [-0.39, 0.29) is 11.8 Å². The van der Waals surface area contributed by atoms with E-state index in [1.54, 1.807) is 48.0 Å². The molecule has 10 nitrogen and oxygen atoms in total. The summed E-state index contributed by atoms with van der Waals surface area (Å²) in [5.41, 5.74) is 4.38. The van der Waals surface area contributed by atoms with E-state index in [1.807, 2.05) is 72.9 Å². The van der Waals surface area contributed by atoms with Crippen molar-refractivity contribution in [3.8, 4) is 34.1 Å². The summed E-state index contributed by atoms with van der Waals surface area (Å²) in [6.07, 6.45) is 5.26. The first kappa shape index (κ1) is 26.1. The Morgan fingerprint density at radius 1 is 0.829 bits per heavy atom. The van der Waals surface area contributed by atoms with Crippen LogP contribution in [0, 0.1) is 0 Å². The minimum Gasteiger partial charge on any atom is -0.493 e. The molecule has 0 spiro atoms. The molecule has 6 rings (SSSR count). The molecule has 0 radical (unpaired) electrons. The molecule has 0 aliphatic carbocycles. The van der Waals surface area contributed by atoms with Crippen molar-refractivity contribution < 1.29 is 19.1 Å². The number of benzene rings is 3. The molecule has 3 aromatic carbocycles. The quantitative estimate of drug-likeness (QED) is 0.232. The molecule has 3 heterocycles. The third kappa shape index (κ3) is 5.22. The average molecular weight is 565 g/mol. The maximum absolute atomic E-state index is 13.4. The van der Waals surface area contributed by atoms with Crippen LogP contribution in [0.2, 0.25) is 0 Å². The number of nitrogens with zero attached hydrogens (tertiary/aromatic N) is 6. The van der Waals surface area contributed by atoms with Gasteiger partial charge in [-0.1, -0.05) is 53.7 Å². The SMILES string of the molecule is COc1ccc(-n2cc(CN3C(=O)S/C(=C\c4cn(-c5ccccc5)nc4-c4ccccc4)C3=O)nn2)cc1OC. The maximum Gasteiger partial charge on any atom is 0.293 e. The van der Waals surface area contributed by atoms with Gasteiger partial charge in [0, 0.05) is 23.4 Å². The van der Waals surface area contributed by atoms with Crippen molar-refractivity contribution in [1.29, 1.82) is 0 Å². The summed E-state index contributed by atoms with van der Waals surface area (Å²) in [6.45, 7) is -0.00981. The van der Waals surface area contributed by atoms with Crippen LogP contribution in [0.5, 0.6) is 11.5 Å². The number of methoxy groups -OCH3 is 2. The topological polar surface area (TPSA) is 104 Å². The maximum atomic E-state index is 13.4. The number of carbonyl (C=O) groups excluding carboxylic acids is 2. The van der Waals surface area contributed by atoms with Crippen LogP contribution < -0.4 is 9.47 Å². The molecule has 0 bridgehead atoms. The number of ether oxygens (including phenoxy) is 2. The Morgan fingerprint density at radius 2 is 1.56 bits per heavy atom.